The summed E-state index contributed by atoms with van der Waals surface area (Å²) in [6.45, 7) is 15.6. The van der Waals surface area contributed by atoms with Crippen LogP contribution >= 0.6 is 0 Å². The number of hydrogen-bond acceptors (Lipinski definition) is 2. The topological polar surface area (TPSA) is 69.6 Å². The van der Waals surface area contributed by atoms with Crippen LogP contribution in [0.1, 0.15) is 77.5 Å². The molecule has 0 aliphatic carbocycles. The molecule has 1 atom stereocenters. The Bertz CT molecular complexity index is 820. The quantitative estimate of drug-likeness (QED) is 0.580. The van der Waals surface area contributed by atoms with Gasteiger partial charge in [-0.05, 0) is 66.7 Å². The Labute approximate surface area is 181 Å². The highest BCUT2D eigenvalue weighted by atomic mass is 16.4. The standard InChI is InChI=1S/C25H38N2O3/c1-17(2)21-16-27(14-8-9-22(28)29)23(30)26-25(21,7)20-11-10-19(18(3)15-20)12-13-24(4,5)6/h10-11,15-17H,8-9,12-14H2,1-7H3,(H,26,30)(H,28,29). The Morgan fingerprint density at radius 3 is 2.47 bits per heavy atom. The molecule has 5 nitrogen and oxygen atoms in total. The zero-order valence-corrected chi connectivity index (χ0v) is 19.6. The maximum absolute atomic E-state index is 12.8. The first-order valence-electron chi connectivity index (χ1n) is 11.0. The van der Waals surface area contributed by atoms with E-state index in [1.165, 1.54) is 11.1 Å². The summed E-state index contributed by atoms with van der Waals surface area (Å²) < 4.78 is 0. The average molecular weight is 415 g/mol. The molecule has 2 rings (SSSR count). The largest absolute Gasteiger partial charge is 0.481 e. The summed E-state index contributed by atoms with van der Waals surface area (Å²) in [6, 6.07) is 6.36. The fourth-order valence-corrected chi connectivity index (χ4v) is 4.04. The normalized spacial score (nSPS) is 19.7. The van der Waals surface area contributed by atoms with E-state index in [-0.39, 0.29) is 18.4 Å². The van der Waals surface area contributed by atoms with Crippen LogP contribution in [0.2, 0.25) is 0 Å². The van der Waals surface area contributed by atoms with Crippen LogP contribution in [0.3, 0.4) is 0 Å². The molecule has 1 aliphatic rings. The maximum atomic E-state index is 12.8. The Hall–Kier alpha value is -2.30. The fraction of sp³-hybridized carbons (Fsp3) is 0.600. The number of aliphatic carboxylic acids is 1. The van der Waals surface area contributed by atoms with E-state index >= 15 is 0 Å². The van der Waals surface area contributed by atoms with Gasteiger partial charge in [-0.1, -0.05) is 52.8 Å². The molecule has 0 bridgehead atoms. The molecule has 1 aliphatic heterocycles. The van der Waals surface area contributed by atoms with Gasteiger partial charge in [0, 0.05) is 19.2 Å². The van der Waals surface area contributed by atoms with Crippen molar-refractivity contribution in [3.63, 3.8) is 0 Å². The van der Waals surface area contributed by atoms with Crippen molar-refractivity contribution in [1.29, 1.82) is 0 Å². The highest BCUT2D eigenvalue weighted by Crippen LogP contribution is 2.38. The number of benzene rings is 1. The van der Waals surface area contributed by atoms with Gasteiger partial charge in [-0.25, -0.2) is 4.79 Å². The van der Waals surface area contributed by atoms with Gasteiger partial charge in [0.2, 0.25) is 0 Å². The zero-order valence-electron chi connectivity index (χ0n) is 19.6. The number of rotatable bonds is 8. The molecule has 1 heterocycles. The summed E-state index contributed by atoms with van der Waals surface area (Å²) in [5.74, 6) is -0.606. The summed E-state index contributed by atoms with van der Waals surface area (Å²) >= 11 is 0. The fourth-order valence-electron chi connectivity index (χ4n) is 4.04. The highest BCUT2D eigenvalue weighted by Gasteiger charge is 2.39. The van der Waals surface area contributed by atoms with E-state index in [0.29, 0.717) is 18.4 Å². The first-order valence-corrected chi connectivity index (χ1v) is 11.0. The summed E-state index contributed by atoms with van der Waals surface area (Å²) in [6.07, 6.45) is 4.59. The minimum atomic E-state index is -0.840. The molecule has 30 heavy (non-hydrogen) atoms. The van der Waals surface area contributed by atoms with E-state index in [2.05, 4.69) is 72.0 Å². The summed E-state index contributed by atoms with van der Waals surface area (Å²) in [5.41, 5.74) is 4.52. The third kappa shape index (κ3) is 5.87. The van der Waals surface area contributed by atoms with Crippen LogP contribution in [0.4, 0.5) is 4.79 Å². The smallest absolute Gasteiger partial charge is 0.322 e. The Morgan fingerprint density at radius 2 is 1.93 bits per heavy atom. The molecule has 0 saturated heterocycles. The summed E-state index contributed by atoms with van der Waals surface area (Å²) in [4.78, 5) is 25.2. The molecule has 1 unspecified atom stereocenters. The summed E-state index contributed by atoms with van der Waals surface area (Å²) in [5, 5.41) is 12.1. The number of carboxylic acid groups (broad SMARTS) is 1. The van der Waals surface area contributed by atoms with Crippen molar-refractivity contribution in [2.45, 2.75) is 79.7 Å². The number of carboxylic acids is 1. The number of carbonyl (C=O) groups excluding carboxylic acids is 1. The second-order valence-electron chi connectivity index (χ2n) is 10.2. The minimum Gasteiger partial charge on any atom is -0.481 e. The Morgan fingerprint density at radius 1 is 1.27 bits per heavy atom. The second-order valence-corrected chi connectivity index (χ2v) is 10.2. The van der Waals surface area contributed by atoms with Gasteiger partial charge < -0.3 is 15.3 Å². The van der Waals surface area contributed by atoms with Crippen LogP contribution in [0, 0.1) is 18.3 Å². The average Bonchev–Trinajstić information content (AvgIpc) is 2.61. The molecule has 0 fully saturated rings. The lowest BCUT2D eigenvalue weighted by molar-refractivity contribution is -0.137. The maximum Gasteiger partial charge on any atom is 0.322 e. The third-order valence-electron chi connectivity index (χ3n) is 5.97. The van der Waals surface area contributed by atoms with E-state index in [0.717, 1.165) is 24.0 Å². The first kappa shape index (κ1) is 24.0. The summed E-state index contributed by atoms with van der Waals surface area (Å²) in [7, 11) is 0. The molecule has 0 aromatic heterocycles. The number of urea groups is 1. The molecule has 0 spiro atoms. The number of hydrogen-bond donors (Lipinski definition) is 2. The lowest BCUT2D eigenvalue weighted by Gasteiger charge is -2.42. The van der Waals surface area contributed by atoms with E-state index in [9.17, 15) is 9.59 Å². The van der Waals surface area contributed by atoms with Crippen molar-refractivity contribution in [2.75, 3.05) is 6.54 Å². The van der Waals surface area contributed by atoms with Gasteiger partial charge >= 0.3 is 12.0 Å². The minimum absolute atomic E-state index is 0.0567. The van der Waals surface area contributed by atoms with Gasteiger partial charge in [-0.3, -0.25) is 4.79 Å². The Balaban J connectivity index is 2.31. The van der Waals surface area contributed by atoms with Gasteiger partial charge in [0.1, 0.15) is 0 Å². The number of aryl methyl sites for hydroxylation is 2. The molecule has 0 saturated carbocycles. The number of amides is 2. The molecule has 1 aromatic carbocycles. The van der Waals surface area contributed by atoms with Crippen LogP contribution in [-0.2, 0) is 16.8 Å². The molecule has 1 aromatic rings. The monoisotopic (exact) mass is 414 g/mol. The lowest BCUT2D eigenvalue weighted by Crippen LogP contribution is -2.54. The predicted octanol–water partition coefficient (Wildman–Crippen LogP) is 5.62. The van der Waals surface area contributed by atoms with Crippen molar-refractivity contribution in [3.8, 4) is 0 Å². The van der Waals surface area contributed by atoms with Gasteiger partial charge in [0.05, 0.1) is 5.54 Å². The third-order valence-corrected chi connectivity index (χ3v) is 5.97. The van der Waals surface area contributed by atoms with Crippen LogP contribution < -0.4 is 5.32 Å². The molecule has 0 radical (unpaired) electrons. The van der Waals surface area contributed by atoms with Crippen molar-refractivity contribution < 1.29 is 14.7 Å². The lowest BCUT2D eigenvalue weighted by atomic mass is 9.77. The first-order chi connectivity index (χ1) is 13.8. The predicted molar refractivity (Wildman–Crippen MR) is 121 cm³/mol. The van der Waals surface area contributed by atoms with E-state index < -0.39 is 11.5 Å². The molecule has 166 valence electrons. The molecule has 2 N–H and O–H groups in total. The number of nitrogens with one attached hydrogen (secondary N) is 1. The van der Waals surface area contributed by atoms with Crippen LogP contribution in [0.5, 0.6) is 0 Å². The molecule has 5 heteroatoms. The van der Waals surface area contributed by atoms with E-state index in [1.54, 1.807) is 4.90 Å². The molecular weight excluding hydrogens is 376 g/mol. The number of nitrogens with zero attached hydrogens (tertiary/aromatic N) is 1. The van der Waals surface area contributed by atoms with Gasteiger partial charge in [-0.2, -0.15) is 0 Å². The van der Waals surface area contributed by atoms with Gasteiger partial charge in [0.15, 0.2) is 0 Å². The van der Waals surface area contributed by atoms with Crippen molar-refractivity contribution in [3.05, 3.63) is 46.7 Å². The SMILES string of the molecule is Cc1cc(C2(C)NC(=O)N(CCCC(=O)O)C=C2C(C)C)ccc1CCC(C)(C)C. The van der Waals surface area contributed by atoms with Crippen LogP contribution in [-0.4, -0.2) is 28.6 Å². The van der Waals surface area contributed by atoms with Crippen molar-refractivity contribution >= 4 is 12.0 Å². The zero-order chi connectivity index (χ0) is 22.7. The second kappa shape index (κ2) is 9.23. The number of carbonyl (C=O) groups is 2. The van der Waals surface area contributed by atoms with Gasteiger partial charge in [0.25, 0.3) is 0 Å². The van der Waals surface area contributed by atoms with Gasteiger partial charge in [-0.15, -0.1) is 0 Å². The van der Waals surface area contributed by atoms with E-state index in [4.69, 9.17) is 5.11 Å². The van der Waals surface area contributed by atoms with E-state index in [1.807, 2.05) is 6.20 Å². The van der Waals surface area contributed by atoms with Crippen LogP contribution in [0.15, 0.2) is 30.0 Å². The molecular formula is C25H38N2O3. The molecule has 2 amide bonds. The van der Waals surface area contributed by atoms with Crippen molar-refractivity contribution in [1.82, 2.24) is 10.2 Å². The Kier molecular flexibility index (Phi) is 7.38. The van der Waals surface area contributed by atoms with Crippen LogP contribution in [0.25, 0.3) is 0 Å². The highest BCUT2D eigenvalue weighted by molar-refractivity contribution is 5.79. The van der Waals surface area contributed by atoms with Crippen molar-refractivity contribution in [2.24, 2.45) is 11.3 Å².